The maximum atomic E-state index is 12.8. The van der Waals surface area contributed by atoms with Gasteiger partial charge in [-0.2, -0.15) is 15.5 Å². The average molecular weight is 521 g/mol. The van der Waals surface area contributed by atoms with Crippen LogP contribution in [0.2, 0.25) is 0 Å². The molecule has 5 rings (SSSR count). The smallest absolute Gasteiger partial charge is 0.274 e. The number of nitrogens with zero attached hydrogens (tertiary/aromatic N) is 10. The van der Waals surface area contributed by atoms with Crippen LogP contribution in [0.4, 0.5) is 0 Å². The van der Waals surface area contributed by atoms with E-state index in [2.05, 4.69) is 42.8 Å². The van der Waals surface area contributed by atoms with Crippen molar-refractivity contribution in [2.24, 2.45) is 12.0 Å². The number of aliphatic imine (C=N–C) groups is 1. The Morgan fingerprint density at radius 2 is 1.79 bits per heavy atom. The molecule has 0 aromatic carbocycles. The molecule has 196 valence electrons. The van der Waals surface area contributed by atoms with Gasteiger partial charge in [-0.25, -0.2) is 14.5 Å². The molecule has 0 saturated carbocycles. The van der Waals surface area contributed by atoms with E-state index in [1.54, 1.807) is 32.7 Å². The summed E-state index contributed by atoms with van der Waals surface area (Å²) in [5.74, 6) is 0.589. The van der Waals surface area contributed by atoms with Crippen LogP contribution >= 0.6 is 0 Å². The van der Waals surface area contributed by atoms with Crippen LogP contribution in [-0.2, 0) is 7.05 Å². The van der Waals surface area contributed by atoms with Crippen LogP contribution in [0.3, 0.4) is 0 Å². The first-order valence-corrected chi connectivity index (χ1v) is 12.5. The summed E-state index contributed by atoms with van der Waals surface area (Å²) in [7, 11) is 1.87. The maximum Gasteiger partial charge on any atom is 0.274 e. The highest BCUT2D eigenvalue weighted by Gasteiger charge is 2.24. The summed E-state index contributed by atoms with van der Waals surface area (Å²) >= 11 is 0. The van der Waals surface area contributed by atoms with Crippen molar-refractivity contribution in [2.75, 3.05) is 26.2 Å². The van der Waals surface area contributed by atoms with Gasteiger partial charge in [-0.15, -0.1) is 0 Å². The Bertz CT molecular complexity index is 1640. The van der Waals surface area contributed by atoms with Gasteiger partial charge in [0.2, 0.25) is 0 Å². The van der Waals surface area contributed by atoms with Gasteiger partial charge in [-0.3, -0.25) is 14.5 Å². The third-order valence-corrected chi connectivity index (χ3v) is 6.73. The number of aromatic nitrogens is 6. The lowest BCUT2D eigenvalue weighted by atomic mass is 10.0. The van der Waals surface area contributed by atoms with E-state index in [0.29, 0.717) is 43.3 Å². The normalized spacial score (nSPS) is 14.5. The highest BCUT2D eigenvalue weighted by atomic mass is 16.2. The predicted molar refractivity (Wildman–Crippen MR) is 148 cm³/mol. The Hall–Kier alpha value is -5.11. The zero-order valence-corrected chi connectivity index (χ0v) is 22.1. The molecule has 1 aliphatic rings. The molecule has 39 heavy (non-hydrogen) atoms. The molecule has 5 heterocycles. The number of hydrogen-bond donors (Lipinski definition) is 0. The fourth-order valence-electron chi connectivity index (χ4n) is 4.58. The number of fused-ring (bicyclic) bond motifs is 1. The molecular formula is C28H28N10O. The number of aryl methyl sites for hydroxylation is 2. The van der Waals surface area contributed by atoms with E-state index in [0.717, 1.165) is 33.5 Å². The summed E-state index contributed by atoms with van der Waals surface area (Å²) in [6, 6.07) is 4.29. The monoisotopic (exact) mass is 520 g/mol. The lowest BCUT2D eigenvalue weighted by Gasteiger charge is -2.35. The zero-order valence-electron chi connectivity index (χ0n) is 22.1. The Morgan fingerprint density at radius 1 is 1.03 bits per heavy atom. The first kappa shape index (κ1) is 25.5. The molecular weight excluding hydrogens is 492 g/mol. The maximum absolute atomic E-state index is 12.8. The highest BCUT2D eigenvalue weighted by Crippen LogP contribution is 2.29. The fraction of sp³-hybridized carbons (Fsp3) is 0.250. The molecule has 1 fully saturated rings. The average Bonchev–Trinajstić information content (AvgIpc) is 3.59. The Balaban J connectivity index is 1.38. The van der Waals surface area contributed by atoms with Gasteiger partial charge in [0.05, 0.1) is 35.4 Å². The summed E-state index contributed by atoms with van der Waals surface area (Å²) in [5.41, 5.74) is 6.09. The molecule has 1 amide bonds. The largest absolute Gasteiger partial charge is 0.353 e. The standard InChI is InChI=1S/C28H28N10O/c1-19(24-11-21(23-15-33-35(4)17-23)18-38-27(24)22(12-29)14-34-38)5-6-26(30-3)36-7-9-37(10-8-36)28(39)25-16-31-20(2)13-32-25/h5-6,11,13-18H,3,7-10H2,1-2,4H3/b19-5+,26-6+. The van der Waals surface area contributed by atoms with Crippen LogP contribution in [0.5, 0.6) is 0 Å². The number of carbonyl (C=O) groups is 1. The second-order valence-corrected chi connectivity index (χ2v) is 9.36. The summed E-state index contributed by atoms with van der Waals surface area (Å²) in [6.07, 6.45) is 14.2. The van der Waals surface area contributed by atoms with Crippen molar-refractivity contribution in [3.05, 3.63) is 83.7 Å². The molecule has 0 aliphatic carbocycles. The van der Waals surface area contributed by atoms with Gasteiger partial charge in [-0.1, -0.05) is 6.08 Å². The SMILES string of the molecule is C=N/C(=C\C=C(/C)c1cc(-c2cnn(C)c2)cn2ncc(C#N)c12)N1CCN(C(=O)c2cnc(C)cn2)CC1. The zero-order chi connectivity index (χ0) is 27.5. The molecule has 0 N–H and O–H groups in total. The van der Waals surface area contributed by atoms with E-state index in [1.807, 2.05) is 51.5 Å². The summed E-state index contributed by atoms with van der Waals surface area (Å²) in [4.78, 5) is 29.3. The minimum Gasteiger partial charge on any atom is -0.353 e. The number of amides is 1. The Labute approximate surface area is 226 Å². The minimum atomic E-state index is -0.124. The van der Waals surface area contributed by atoms with E-state index >= 15 is 0 Å². The van der Waals surface area contributed by atoms with E-state index in [1.165, 1.54) is 6.20 Å². The van der Waals surface area contributed by atoms with Crippen LogP contribution in [0.25, 0.3) is 22.2 Å². The summed E-state index contributed by atoms with van der Waals surface area (Å²) in [6.45, 7) is 9.91. The highest BCUT2D eigenvalue weighted by molar-refractivity contribution is 5.92. The number of hydrogen-bond acceptors (Lipinski definition) is 8. The van der Waals surface area contributed by atoms with Crippen LogP contribution in [0.1, 0.15) is 34.2 Å². The fourth-order valence-corrected chi connectivity index (χ4v) is 4.58. The van der Waals surface area contributed by atoms with Crippen molar-refractivity contribution >= 4 is 23.7 Å². The van der Waals surface area contributed by atoms with Crippen LogP contribution in [0, 0.1) is 18.3 Å². The summed E-state index contributed by atoms with van der Waals surface area (Å²) < 4.78 is 3.48. The third kappa shape index (κ3) is 5.17. The number of pyridine rings is 1. The molecule has 11 nitrogen and oxygen atoms in total. The molecule has 0 bridgehead atoms. The quantitative estimate of drug-likeness (QED) is 0.283. The topological polar surface area (TPSA) is 121 Å². The van der Waals surface area contributed by atoms with Gasteiger partial charge in [0.1, 0.15) is 17.6 Å². The number of carbonyl (C=O) groups excluding carboxylic acids is 1. The molecule has 4 aromatic heterocycles. The number of piperazine rings is 1. The van der Waals surface area contributed by atoms with Gasteiger partial charge < -0.3 is 9.80 Å². The van der Waals surface area contributed by atoms with Crippen LogP contribution < -0.4 is 0 Å². The van der Waals surface area contributed by atoms with Gasteiger partial charge >= 0.3 is 0 Å². The van der Waals surface area contributed by atoms with Crippen molar-refractivity contribution < 1.29 is 4.79 Å². The lowest BCUT2D eigenvalue weighted by Crippen LogP contribution is -2.48. The number of rotatable bonds is 6. The van der Waals surface area contributed by atoms with E-state index in [9.17, 15) is 10.1 Å². The van der Waals surface area contributed by atoms with Gasteiger partial charge in [0.25, 0.3) is 5.91 Å². The second-order valence-electron chi connectivity index (χ2n) is 9.36. The molecule has 0 unspecified atom stereocenters. The second kappa shape index (κ2) is 10.7. The Morgan fingerprint density at radius 3 is 2.44 bits per heavy atom. The number of allylic oxidation sites excluding steroid dienone is 3. The van der Waals surface area contributed by atoms with Crippen molar-refractivity contribution in [2.45, 2.75) is 13.8 Å². The minimum absolute atomic E-state index is 0.124. The molecule has 1 saturated heterocycles. The van der Waals surface area contributed by atoms with Crippen molar-refractivity contribution in [3.8, 4) is 17.2 Å². The molecule has 0 spiro atoms. The number of nitriles is 1. The van der Waals surface area contributed by atoms with Gasteiger partial charge in [0, 0.05) is 68.5 Å². The third-order valence-electron chi connectivity index (χ3n) is 6.73. The Kier molecular flexibility index (Phi) is 7.01. The molecule has 1 aliphatic heterocycles. The van der Waals surface area contributed by atoms with Gasteiger partial charge in [0.15, 0.2) is 0 Å². The first-order chi connectivity index (χ1) is 18.9. The lowest BCUT2D eigenvalue weighted by molar-refractivity contribution is 0.0662. The van der Waals surface area contributed by atoms with E-state index < -0.39 is 0 Å². The molecule has 0 radical (unpaired) electrons. The van der Waals surface area contributed by atoms with Crippen molar-refractivity contribution in [1.29, 1.82) is 5.26 Å². The predicted octanol–water partition coefficient (Wildman–Crippen LogP) is 3.11. The van der Waals surface area contributed by atoms with E-state index in [4.69, 9.17) is 0 Å². The van der Waals surface area contributed by atoms with E-state index in [-0.39, 0.29) is 5.91 Å². The van der Waals surface area contributed by atoms with Gasteiger partial charge in [-0.05, 0) is 38.3 Å². The van der Waals surface area contributed by atoms with Crippen LogP contribution in [-0.4, -0.2) is 78.0 Å². The van der Waals surface area contributed by atoms with Crippen molar-refractivity contribution in [3.63, 3.8) is 0 Å². The molecule has 0 atom stereocenters. The van der Waals surface area contributed by atoms with Crippen molar-refractivity contribution in [1.82, 2.24) is 39.2 Å². The molecule has 4 aromatic rings. The first-order valence-electron chi connectivity index (χ1n) is 12.5. The molecule has 11 heteroatoms. The summed E-state index contributed by atoms with van der Waals surface area (Å²) in [5, 5.41) is 18.4. The van der Waals surface area contributed by atoms with Crippen LogP contribution in [0.15, 0.2) is 66.2 Å².